The zero-order valence-corrected chi connectivity index (χ0v) is 15.5. The van der Waals surface area contributed by atoms with Gasteiger partial charge in [0.1, 0.15) is 23.4 Å². The van der Waals surface area contributed by atoms with Crippen LogP contribution >= 0.6 is 0 Å². The number of hydrogen-bond donors (Lipinski definition) is 0. The van der Waals surface area contributed by atoms with Gasteiger partial charge >= 0.3 is 0 Å². The number of nitrogens with zero attached hydrogens (tertiary/aromatic N) is 2. The Morgan fingerprint density at radius 1 is 1.00 bits per heavy atom. The summed E-state index contributed by atoms with van der Waals surface area (Å²) in [6.07, 6.45) is 0.706. The lowest BCUT2D eigenvalue weighted by Gasteiger charge is -2.33. The number of para-hydroxylation sites is 1. The van der Waals surface area contributed by atoms with E-state index in [2.05, 4.69) is 16.8 Å². The van der Waals surface area contributed by atoms with Gasteiger partial charge in [-0.25, -0.2) is 4.39 Å². The van der Waals surface area contributed by atoms with Crippen LogP contribution in [-0.4, -0.2) is 56.7 Å². The maximum absolute atomic E-state index is 13.2. The molecule has 26 heavy (non-hydrogen) atoms. The van der Waals surface area contributed by atoms with Gasteiger partial charge in [0.15, 0.2) is 0 Å². The number of rotatable bonds is 7. The van der Waals surface area contributed by atoms with Crippen LogP contribution in [0.2, 0.25) is 0 Å². The first-order valence-corrected chi connectivity index (χ1v) is 9.12. The minimum Gasteiger partial charge on any atom is -0.496 e. The number of methoxy groups -OCH3 is 1. The van der Waals surface area contributed by atoms with Crippen LogP contribution in [0.1, 0.15) is 18.1 Å². The molecule has 0 saturated carbocycles. The molecule has 1 atom stereocenters. The molecule has 1 unspecified atom stereocenters. The van der Waals surface area contributed by atoms with E-state index < -0.39 is 0 Å². The molecule has 1 saturated heterocycles. The lowest BCUT2D eigenvalue weighted by Crippen LogP contribution is -2.45. The largest absolute Gasteiger partial charge is 0.496 e. The molecule has 2 aromatic carbocycles. The van der Waals surface area contributed by atoms with Crippen LogP contribution in [0.5, 0.6) is 11.5 Å². The van der Waals surface area contributed by atoms with Crippen molar-refractivity contribution in [2.24, 2.45) is 0 Å². The van der Waals surface area contributed by atoms with Crippen molar-refractivity contribution in [1.29, 1.82) is 0 Å². The van der Waals surface area contributed by atoms with E-state index in [0.717, 1.165) is 50.5 Å². The number of ether oxygens (including phenoxy) is 2. The summed E-state index contributed by atoms with van der Waals surface area (Å²) >= 11 is 0. The Bertz CT molecular complexity index is 685. The molecule has 0 bridgehead atoms. The molecular formula is C21H27FN2O2. The second-order valence-corrected chi connectivity index (χ2v) is 6.74. The molecular weight excluding hydrogens is 331 g/mol. The van der Waals surface area contributed by atoms with Crippen LogP contribution in [-0.2, 0) is 0 Å². The van der Waals surface area contributed by atoms with Crippen molar-refractivity contribution in [3.8, 4) is 11.5 Å². The standard InChI is InChI=1S/C21H27FN2O2/c1-23-13-15-24(16-14-23)12-11-21(19-5-3-4-6-20(19)25-2)26-18-9-7-17(22)8-10-18/h3-10,21H,11-16H2,1-2H3. The van der Waals surface area contributed by atoms with Crippen LogP contribution in [0.4, 0.5) is 4.39 Å². The summed E-state index contributed by atoms with van der Waals surface area (Å²) in [4.78, 5) is 4.82. The van der Waals surface area contributed by atoms with Crippen LogP contribution in [0.25, 0.3) is 0 Å². The highest BCUT2D eigenvalue weighted by Gasteiger charge is 2.21. The molecule has 0 spiro atoms. The third-order valence-electron chi connectivity index (χ3n) is 4.88. The molecule has 4 nitrogen and oxygen atoms in total. The van der Waals surface area contributed by atoms with Gasteiger partial charge in [-0.05, 0) is 37.4 Å². The van der Waals surface area contributed by atoms with Crippen LogP contribution in [0.15, 0.2) is 48.5 Å². The lowest BCUT2D eigenvalue weighted by molar-refractivity contribution is 0.122. The minimum absolute atomic E-state index is 0.142. The van der Waals surface area contributed by atoms with Crippen LogP contribution in [0, 0.1) is 5.82 Å². The summed E-state index contributed by atoms with van der Waals surface area (Å²) in [7, 11) is 3.83. The molecule has 1 fully saturated rings. The van der Waals surface area contributed by atoms with Gasteiger partial charge in [0, 0.05) is 44.7 Å². The average molecular weight is 358 g/mol. The summed E-state index contributed by atoms with van der Waals surface area (Å²) in [5, 5.41) is 0. The molecule has 1 aliphatic heterocycles. The molecule has 0 aromatic heterocycles. The quantitative estimate of drug-likeness (QED) is 0.755. The Morgan fingerprint density at radius 3 is 2.38 bits per heavy atom. The second kappa shape index (κ2) is 9.01. The van der Waals surface area contributed by atoms with Crippen LogP contribution < -0.4 is 9.47 Å². The van der Waals surface area contributed by atoms with Crippen LogP contribution in [0.3, 0.4) is 0 Å². The van der Waals surface area contributed by atoms with Gasteiger partial charge in [-0.1, -0.05) is 18.2 Å². The first kappa shape index (κ1) is 18.7. The van der Waals surface area contributed by atoms with E-state index in [1.807, 2.05) is 24.3 Å². The topological polar surface area (TPSA) is 24.9 Å². The molecule has 3 rings (SSSR count). The molecule has 0 N–H and O–H groups in total. The van der Waals surface area contributed by atoms with Gasteiger partial charge in [0.25, 0.3) is 0 Å². The van der Waals surface area contributed by atoms with Gasteiger partial charge < -0.3 is 19.3 Å². The van der Waals surface area contributed by atoms with Gasteiger partial charge in [0.2, 0.25) is 0 Å². The van der Waals surface area contributed by atoms with Gasteiger partial charge in [-0.2, -0.15) is 0 Å². The summed E-state index contributed by atoms with van der Waals surface area (Å²) in [5.41, 5.74) is 1.02. The molecule has 140 valence electrons. The summed E-state index contributed by atoms with van der Waals surface area (Å²) < 4.78 is 25.0. The molecule has 0 radical (unpaired) electrons. The highest BCUT2D eigenvalue weighted by Crippen LogP contribution is 2.31. The van der Waals surface area contributed by atoms with E-state index in [0.29, 0.717) is 5.75 Å². The highest BCUT2D eigenvalue weighted by molar-refractivity contribution is 5.36. The fraction of sp³-hybridized carbons (Fsp3) is 0.429. The molecule has 5 heteroatoms. The zero-order valence-electron chi connectivity index (χ0n) is 15.5. The zero-order chi connectivity index (χ0) is 18.4. The van der Waals surface area contributed by atoms with Crippen molar-refractivity contribution in [2.45, 2.75) is 12.5 Å². The highest BCUT2D eigenvalue weighted by atomic mass is 19.1. The maximum atomic E-state index is 13.2. The fourth-order valence-corrected chi connectivity index (χ4v) is 3.26. The molecule has 0 amide bonds. The first-order valence-electron chi connectivity index (χ1n) is 9.12. The molecule has 0 aliphatic carbocycles. The van der Waals surface area contributed by atoms with E-state index in [1.54, 1.807) is 19.2 Å². The fourth-order valence-electron chi connectivity index (χ4n) is 3.26. The number of hydrogen-bond acceptors (Lipinski definition) is 4. The van der Waals surface area contributed by atoms with Gasteiger partial charge in [-0.15, -0.1) is 0 Å². The second-order valence-electron chi connectivity index (χ2n) is 6.74. The van der Waals surface area contributed by atoms with Gasteiger partial charge in [-0.3, -0.25) is 0 Å². The van der Waals surface area contributed by atoms with Crippen molar-refractivity contribution in [2.75, 3.05) is 46.9 Å². The molecule has 1 heterocycles. The van der Waals surface area contributed by atoms with E-state index in [1.165, 1.54) is 12.1 Å². The Labute approximate surface area is 155 Å². The summed E-state index contributed by atoms with van der Waals surface area (Å²) in [6, 6.07) is 14.1. The molecule has 2 aromatic rings. The Hall–Kier alpha value is -2.11. The number of benzene rings is 2. The van der Waals surface area contributed by atoms with Gasteiger partial charge in [0.05, 0.1) is 7.11 Å². The van der Waals surface area contributed by atoms with E-state index in [9.17, 15) is 4.39 Å². The third kappa shape index (κ3) is 4.96. The Morgan fingerprint density at radius 2 is 1.69 bits per heavy atom. The van der Waals surface area contributed by atoms with Crippen molar-refractivity contribution >= 4 is 0 Å². The smallest absolute Gasteiger partial charge is 0.128 e. The van der Waals surface area contributed by atoms with E-state index in [4.69, 9.17) is 9.47 Å². The van der Waals surface area contributed by atoms with Crippen molar-refractivity contribution in [3.63, 3.8) is 0 Å². The molecule has 1 aliphatic rings. The number of piperazine rings is 1. The predicted molar refractivity (Wildman–Crippen MR) is 101 cm³/mol. The minimum atomic E-state index is -0.261. The first-order chi connectivity index (χ1) is 12.7. The SMILES string of the molecule is COc1ccccc1C(CCN1CCN(C)CC1)Oc1ccc(F)cc1. The Balaban J connectivity index is 1.73. The predicted octanol–water partition coefficient (Wildman–Crippen LogP) is 3.59. The van der Waals surface area contributed by atoms with E-state index >= 15 is 0 Å². The Kier molecular flexibility index (Phi) is 6.47. The summed E-state index contributed by atoms with van der Waals surface area (Å²) in [6.45, 7) is 5.30. The van der Waals surface area contributed by atoms with Crippen molar-refractivity contribution in [1.82, 2.24) is 9.80 Å². The lowest BCUT2D eigenvalue weighted by atomic mass is 10.0. The summed E-state index contributed by atoms with van der Waals surface area (Å²) in [5.74, 6) is 1.22. The van der Waals surface area contributed by atoms with Crippen molar-refractivity contribution < 1.29 is 13.9 Å². The number of likely N-dealkylation sites (N-methyl/N-ethyl adjacent to an activating group) is 1. The average Bonchev–Trinajstić information content (AvgIpc) is 2.68. The maximum Gasteiger partial charge on any atom is 0.128 e. The number of halogens is 1. The third-order valence-corrected chi connectivity index (χ3v) is 4.88. The van der Waals surface area contributed by atoms with E-state index in [-0.39, 0.29) is 11.9 Å². The normalized spacial score (nSPS) is 17.0. The monoisotopic (exact) mass is 358 g/mol. The van der Waals surface area contributed by atoms with Crippen molar-refractivity contribution in [3.05, 3.63) is 59.9 Å².